The molecule has 0 spiro atoms. The van der Waals surface area contributed by atoms with Crippen LogP contribution in [0.5, 0.6) is 0 Å². The predicted octanol–water partition coefficient (Wildman–Crippen LogP) is 3.32. The highest BCUT2D eigenvalue weighted by Gasteiger charge is 2.30. The molecule has 0 fully saturated rings. The summed E-state index contributed by atoms with van der Waals surface area (Å²) in [6, 6.07) is 12.4. The van der Waals surface area contributed by atoms with E-state index in [0.29, 0.717) is 12.2 Å². The molecule has 2 aromatic carbocycles. The van der Waals surface area contributed by atoms with E-state index in [4.69, 9.17) is 0 Å². The molecule has 0 heterocycles. The van der Waals surface area contributed by atoms with Crippen LogP contribution in [0.3, 0.4) is 0 Å². The van der Waals surface area contributed by atoms with Crippen molar-refractivity contribution < 1.29 is 18.0 Å². The lowest BCUT2D eigenvalue weighted by molar-refractivity contribution is -0.139. The Morgan fingerprint density at radius 1 is 0.970 bits per heavy atom. The summed E-state index contributed by atoms with van der Waals surface area (Å²) in [5.41, 5.74) is 4.18. The maximum atomic E-state index is 13.5. The number of anilines is 1. The fraction of sp³-hybridized carbons (Fsp3) is 0.440. The molecule has 1 N–H and O–H groups in total. The van der Waals surface area contributed by atoms with Gasteiger partial charge in [0.25, 0.3) is 0 Å². The molecule has 33 heavy (non-hydrogen) atoms. The fourth-order valence-electron chi connectivity index (χ4n) is 3.58. The van der Waals surface area contributed by atoms with Gasteiger partial charge in [0.2, 0.25) is 21.8 Å². The van der Waals surface area contributed by atoms with Crippen molar-refractivity contribution in [1.29, 1.82) is 0 Å². The van der Waals surface area contributed by atoms with Gasteiger partial charge in [0.1, 0.15) is 12.6 Å². The van der Waals surface area contributed by atoms with Gasteiger partial charge >= 0.3 is 0 Å². The Bertz CT molecular complexity index is 1060. The monoisotopic (exact) mass is 473 g/mol. The molecule has 0 aromatic heterocycles. The quantitative estimate of drug-likeness (QED) is 0.574. The molecule has 8 heteroatoms. The zero-order chi connectivity index (χ0) is 24.8. The third-order valence-corrected chi connectivity index (χ3v) is 6.50. The van der Waals surface area contributed by atoms with Crippen molar-refractivity contribution in [2.45, 2.75) is 53.6 Å². The number of hydrogen-bond donors (Lipinski definition) is 1. The lowest BCUT2D eigenvalue weighted by Crippen LogP contribution is -2.51. The second kappa shape index (κ2) is 11.3. The van der Waals surface area contributed by atoms with Gasteiger partial charge < -0.3 is 10.2 Å². The lowest BCUT2D eigenvalue weighted by Gasteiger charge is -2.31. The summed E-state index contributed by atoms with van der Waals surface area (Å²) < 4.78 is 26.4. The molecule has 0 bridgehead atoms. The largest absolute Gasteiger partial charge is 0.354 e. The zero-order valence-electron chi connectivity index (χ0n) is 20.4. The predicted molar refractivity (Wildman–Crippen MR) is 133 cm³/mol. The first-order valence-electron chi connectivity index (χ1n) is 11.1. The van der Waals surface area contributed by atoms with Gasteiger partial charge in [-0.25, -0.2) is 8.42 Å². The Labute approximate surface area is 197 Å². The third-order valence-electron chi connectivity index (χ3n) is 5.36. The molecular weight excluding hydrogens is 438 g/mol. The standard InChI is InChI=1S/C25H35N3O4S/c1-7-12-26-25(30)21(5)27(16-22-10-8-18(2)9-11-22)24(29)17-28(33(6,31)32)23-14-19(3)13-20(4)15-23/h8-11,13-15,21H,7,12,16-17H2,1-6H3,(H,26,30)/t21-/m1/s1. The van der Waals surface area contributed by atoms with Crippen LogP contribution in [-0.2, 0) is 26.2 Å². The summed E-state index contributed by atoms with van der Waals surface area (Å²) in [6.07, 6.45) is 1.86. The molecule has 0 aliphatic carbocycles. The van der Waals surface area contributed by atoms with Gasteiger partial charge in [-0.1, -0.05) is 42.8 Å². The van der Waals surface area contributed by atoms with Crippen LogP contribution in [0.2, 0.25) is 0 Å². The SMILES string of the molecule is CCCNC(=O)[C@@H](C)N(Cc1ccc(C)cc1)C(=O)CN(c1cc(C)cc(C)c1)S(C)(=O)=O. The Kier molecular flexibility index (Phi) is 9.05. The molecule has 2 aromatic rings. The molecule has 2 amide bonds. The number of carbonyl (C=O) groups excluding carboxylic acids is 2. The summed E-state index contributed by atoms with van der Waals surface area (Å²) in [5.74, 6) is -0.714. The molecule has 1 atom stereocenters. The normalized spacial score (nSPS) is 12.2. The molecule has 0 unspecified atom stereocenters. The summed E-state index contributed by atoms with van der Waals surface area (Å²) in [5, 5.41) is 2.83. The molecule has 0 saturated carbocycles. The summed E-state index contributed by atoms with van der Waals surface area (Å²) in [4.78, 5) is 27.6. The van der Waals surface area contributed by atoms with Crippen LogP contribution < -0.4 is 9.62 Å². The fourth-order valence-corrected chi connectivity index (χ4v) is 4.41. The van der Waals surface area contributed by atoms with E-state index in [9.17, 15) is 18.0 Å². The summed E-state index contributed by atoms with van der Waals surface area (Å²) >= 11 is 0. The molecule has 0 aliphatic heterocycles. The Balaban J connectivity index is 2.39. The van der Waals surface area contributed by atoms with Crippen molar-refractivity contribution in [2.24, 2.45) is 0 Å². The second-order valence-corrected chi connectivity index (χ2v) is 10.5. The van der Waals surface area contributed by atoms with E-state index in [-0.39, 0.29) is 19.0 Å². The highest BCUT2D eigenvalue weighted by molar-refractivity contribution is 7.92. The first kappa shape index (κ1) is 26.4. The summed E-state index contributed by atoms with van der Waals surface area (Å²) in [7, 11) is -3.73. The first-order valence-corrected chi connectivity index (χ1v) is 13.0. The van der Waals surface area contributed by atoms with Gasteiger partial charge in [-0.15, -0.1) is 0 Å². The second-order valence-electron chi connectivity index (χ2n) is 8.59. The van der Waals surface area contributed by atoms with Crippen molar-refractivity contribution in [3.8, 4) is 0 Å². The minimum Gasteiger partial charge on any atom is -0.354 e. The van der Waals surface area contributed by atoms with Crippen molar-refractivity contribution >= 4 is 27.5 Å². The van der Waals surface area contributed by atoms with Crippen LogP contribution in [0.15, 0.2) is 42.5 Å². The van der Waals surface area contributed by atoms with Crippen molar-refractivity contribution in [1.82, 2.24) is 10.2 Å². The molecule has 0 aliphatic rings. The zero-order valence-corrected chi connectivity index (χ0v) is 21.2. The Morgan fingerprint density at radius 2 is 1.55 bits per heavy atom. The minimum absolute atomic E-state index is 0.199. The maximum absolute atomic E-state index is 13.5. The van der Waals surface area contributed by atoms with E-state index in [2.05, 4.69) is 5.32 Å². The lowest BCUT2D eigenvalue weighted by atomic mass is 10.1. The highest BCUT2D eigenvalue weighted by atomic mass is 32.2. The number of nitrogens with one attached hydrogen (secondary N) is 1. The van der Waals surface area contributed by atoms with E-state index < -0.39 is 22.0 Å². The van der Waals surface area contributed by atoms with Crippen LogP contribution in [0.1, 0.15) is 42.5 Å². The van der Waals surface area contributed by atoms with Gasteiger partial charge in [-0.2, -0.15) is 0 Å². The number of rotatable bonds is 10. The maximum Gasteiger partial charge on any atom is 0.244 e. The number of benzene rings is 2. The molecule has 0 saturated heterocycles. The van der Waals surface area contributed by atoms with E-state index in [1.165, 1.54) is 4.90 Å². The van der Waals surface area contributed by atoms with Crippen molar-refractivity contribution in [3.63, 3.8) is 0 Å². The van der Waals surface area contributed by atoms with Crippen LogP contribution in [-0.4, -0.2) is 50.5 Å². The molecule has 2 rings (SSSR count). The van der Waals surface area contributed by atoms with E-state index in [1.807, 2.05) is 58.0 Å². The average molecular weight is 474 g/mol. The van der Waals surface area contributed by atoms with Crippen molar-refractivity contribution in [2.75, 3.05) is 23.7 Å². The van der Waals surface area contributed by atoms with Gasteiger partial charge in [-0.05, 0) is 62.9 Å². The number of amides is 2. The molecule has 7 nitrogen and oxygen atoms in total. The van der Waals surface area contributed by atoms with Crippen LogP contribution >= 0.6 is 0 Å². The smallest absolute Gasteiger partial charge is 0.244 e. The van der Waals surface area contributed by atoms with Crippen molar-refractivity contribution in [3.05, 3.63) is 64.7 Å². The topological polar surface area (TPSA) is 86.8 Å². The summed E-state index contributed by atoms with van der Waals surface area (Å²) in [6.45, 7) is 9.66. The van der Waals surface area contributed by atoms with Gasteiger partial charge in [0, 0.05) is 13.1 Å². The number of hydrogen-bond acceptors (Lipinski definition) is 4. The average Bonchev–Trinajstić information content (AvgIpc) is 2.73. The Hall–Kier alpha value is -2.87. The Morgan fingerprint density at radius 3 is 2.06 bits per heavy atom. The van der Waals surface area contributed by atoms with Gasteiger partial charge in [-0.3, -0.25) is 13.9 Å². The number of sulfonamides is 1. The van der Waals surface area contributed by atoms with E-state index in [0.717, 1.165) is 39.2 Å². The third kappa shape index (κ3) is 7.60. The highest BCUT2D eigenvalue weighted by Crippen LogP contribution is 2.22. The van der Waals surface area contributed by atoms with Crippen LogP contribution in [0, 0.1) is 20.8 Å². The van der Waals surface area contributed by atoms with Gasteiger partial charge in [0.15, 0.2) is 0 Å². The van der Waals surface area contributed by atoms with E-state index in [1.54, 1.807) is 19.1 Å². The molecule has 0 radical (unpaired) electrons. The number of nitrogens with zero attached hydrogens (tertiary/aromatic N) is 2. The van der Waals surface area contributed by atoms with E-state index >= 15 is 0 Å². The first-order chi connectivity index (χ1) is 15.4. The van der Waals surface area contributed by atoms with Crippen LogP contribution in [0.4, 0.5) is 5.69 Å². The van der Waals surface area contributed by atoms with Gasteiger partial charge in [0.05, 0.1) is 11.9 Å². The molecular formula is C25H35N3O4S. The molecule has 180 valence electrons. The number of carbonyl (C=O) groups is 2. The minimum atomic E-state index is -3.73. The van der Waals surface area contributed by atoms with Crippen LogP contribution in [0.25, 0.3) is 0 Å². The number of aryl methyl sites for hydroxylation is 3.